The van der Waals surface area contributed by atoms with Crippen LogP contribution < -0.4 is 5.53 Å². The average molecular weight is 498 g/mol. The molecule has 1 atom stereocenters. The Morgan fingerprint density at radius 3 is 2.11 bits per heavy atom. The molecule has 2 aromatic carbocycles. The van der Waals surface area contributed by atoms with E-state index in [1.54, 1.807) is 0 Å². The summed E-state index contributed by atoms with van der Waals surface area (Å²) >= 11 is 0. The topological polar surface area (TPSA) is 74.8 Å². The Hall–Kier alpha value is -3.71. The zero-order valence-corrected chi connectivity index (χ0v) is 17.4. The second-order valence-corrected chi connectivity index (χ2v) is 7.63. The van der Waals surface area contributed by atoms with Gasteiger partial charge in [-0.3, -0.25) is 10.5 Å². The standard InChI is InChI=1S/C22H15F7N5O/c23-15-4-1-13(2-5-15)21(26,27)14-3-8-19(30-10-14)22(28,29)20(35,11-34-12-31-32-33-34)17-7-6-16(24)9-18(17)25/h1-10,12,33,35H,11H2/q-1. The van der Waals surface area contributed by atoms with Crippen LogP contribution in [0.15, 0.2) is 65.9 Å². The lowest BCUT2D eigenvalue weighted by molar-refractivity contribution is -0.205. The Morgan fingerprint density at radius 2 is 1.54 bits per heavy atom. The van der Waals surface area contributed by atoms with Crippen molar-refractivity contribution < 1.29 is 35.8 Å². The zero-order chi connectivity index (χ0) is 25.4. The molecule has 1 aliphatic heterocycles. The third-order valence-corrected chi connectivity index (χ3v) is 5.37. The number of nitrogens with one attached hydrogen (secondary N) is 1. The Morgan fingerprint density at radius 1 is 0.886 bits per heavy atom. The molecule has 13 heteroatoms. The van der Waals surface area contributed by atoms with Gasteiger partial charge in [0.2, 0.25) is 0 Å². The Kier molecular flexibility index (Phi) is 6.15. The lowest BCUT2D eigenvalue weighted by Gasteiger charge is -2.39. The van der Waals surface area contributed by atoms with Crippen LogP contribution in [-0.4, -0.2) is 28.0 Å². The number of halogens is 7. The van der Waals surface area contributed by atoms with Gasteiger partial charge in [0.1, 0.15) is 23.1 Å². The summed E-state index contributed by atoms with van der Waals surface area (Å²) in [5.41, 5.74) is -1.41. The number of β-amino-alcohol motifs (C(OH)–C–C–N with tert-alkyl or cyclic N) is 1. The number of hydrogen-bond donors (Lipinski definition) is 2. The highest BCUT2D eigenvalue weighted by Crippen LogP contribution is 2.46. The summed E-state index contributed by atoms with van der Waals surface area (Å²) in [7, 11) is 0. The minimum atomic E-state index is -4.38. The molecule has 0 bridgehead atoms. The van der Waals surface area contributed by atoms with Gasteiger partial charge < -0.3 is 20.8 Å². The summed E-state index contributed by atoms with van der Waals surface area (Å²) in [4.78, 5) is 3.42. The van der Waals surface area contributed by atoms with Crippen molar-refractivity contribution in [3.63, 3.8) is 0 Å². The van der Waals surface area contributed by atoms with E-state index in [9.17, 15) is 27.1 Å². The number of hydrazine groups is 1. The number of hydrogen-bond acceptors (Lipinski definition) is 5. The lowest BCUT2D eigenvalue weighted by Crippen LogP contribution is -2.53. The molecule has 2 N–H and O–H groups in total. The summed E-state index contributed by atoms with van der Waals surface area (Å²) in [6, 6.07) is 6.15. The van der Waals surface area contributed by atoms with Gasteiger partial charge in [-0.25, -0.2) is 13.2 Å². The van der Waals surface area contributed by atoms with E-state index >= 15 is 8.78 Å². The molecule has 0 radical (unpaired) electrons. The van der Waals surface area contributed by atoms with Crippen molar-refractivity contribution in [3.05, 3.63) is 106 Å². The fourth-order valence-electron chi connectivity index (χ4n) is 3.50. The highest BCUT2D eigenvalue weighted by Gasteiger charge is 2.58. The Labute approximate surface area is 193 Å². The largest absolute Gasteiger partial charge is 0.520 e. The smallest absolute Gasteiger partial charge is 0.323 e. The highest BCUT2D eigenvalue weighted by atomic mass is 19.3. The second kappa shape index (κ2) is 8.82. The van der Waals surface area contributed by atoms with E-state index in [4.69, 9.17) is 0 Å². The average Bonchev–Trinajstić information content (AvgIpc) is 3.32. The first-order valence-electron chi connectivity index (χ1n) is 9.87. The van der Waals surface area contributed by atoms with E-state index in [0.29, 0.717) is 36.5 Å². The predicted molar refractivity (Wildman–Crippen MR) is 109 cm³/mol. The van der Waals surface area contributed by atoms with Crippen molar-refractivity contribution in [2.24, 2.45) is 5.10 Å². The second-order valence-electron chi connectivity index (χ2n) is 7.63. The minimum Gasteiger partial charge on any atom is -0.520 e. The maximum atomic E-state index is 15.7. The van der Waals surface area contributed by atoms with Crippen molar-refractivity contribution >= 4 is 6.34 Å². The molecule has 1 aliphatic rings. The molecule has 0 saturated carbocycles. The van der Waals surface area contributed by atoms with E-state index in [-0.39, 0.29) is 0 Å². The normalized spacial score (nSPS) is 15.7. The summed E-state index contributed by atoms with van der Waals surface area (Å²) in [6.07, 6.45) is 1.40. The molecule has 4 rings (SSSR count). The van der Waals surface area contributed by atoms with Crippen molar-refractivity contribution in [1.29, 1.82) is 0 Å². The van der Waals surface area contributed by atoms with Crippen molar-refractivity contribution in [2.75, 3.05) is 6.54 Å². The molecule has 184 valence electrons. The molecule has 0 aliphatic carbocycles. The van der Waals surface area contributed by atoms with E-state index in [1.807, 2.05) is 0 Å². The molecular formula is C22H15F7N5O-. The van der Waals surface area contributed by atoms with Gasteiger partial charge in [0.05, 0.1) is 12.9 Å². The van der Waals surface area contributed by atoms with Crippen molar-refractivity contribution in [3.8, 4) is 0 Å². The summed E-state index contributed by atoms with van der Waals surface area (Å²) in [5.74, 6) is -11.4. The predicted octanol–water partition coefficient (Wildman–Crippen LogP) is 4.67. The lowest BCUT2D eigenvalue weighted by atomic mass is 9.84. The molecule has 3 aromatic rings. The first-order chi connectivity index (χ1) is 16.4. The number of benzene rings is 2. The number of aliphatic hydroxyl groups is 1. The van der Waals surface area contributed by atoms with Crippen LogP contribution in [0.1, 0.15) is 22.4 Å². The summed E-state index contributed by atoms with van der Waals surface area (Å²) < 4.78 is 102. The van der Waals surface area contributed by atoms with Crippen LogP contribution in [0.4, 0.5) is 30.7 Å². The maximum Gasteiger partial charge on any atom is 0.323 e. The highest BCUT2D eigenvalue weighted by molar-refractivity contribution is 5.57. The van der Waals surface area contributed by atoms with Gasteiger partial charge in [-0.2, -0.15) is 17.6 Å². The quantitative estimate of drug-likeness (QED) is 0.465. The summed E-state index contributed by atoms with van der Waals surface area (Å²) in [6.45, 7) is -1.04. The molecule has 35 heavy (non-hydrogen) atoms. The van der Waals surface area contributed by atoms with Crippen LogP contribution in [-0.2, 0) is 17.4 Å². The first kappa shape index (κ1) is 24.4. The molecule has 0 fully saturated rings. The van der Waals surface area contributed by atoms with E-state index in [1.165, 1.54) is 0 Å². The number of pyridine rings is 1. The molecule has 0 spiro atoms. The van der Waals surface area contributed by atoms with Crippen LogP contribution in [0.2, 0.25) is 0 Å². The molecular weight excluding hydrogens is 483 g/mol. The number of alkyl halides is 4. The fraction of sp³-hybridized carbons (Fsp3) is 0.182. The van der Waals surface area contributed by atoms with Gasteiger partial charge in [-0.1, -0.05) is 0 Å². The van der Waals surface area contributed by atoms with Crippen LogP contribution in [0.5, 0.6) is 0 Å². The van der Waals surface area contributed by atoms with Gasteiger partial charge in [-0.15, -0.1) is 0 Å². The van der Waals surface area contributed by atoms with E-state index in [0.717, 1.165) is 35.6 Å². The third-order valence-electron chi connectivity index (χ3n) is 5.37. The number of rotatable bonds is 7. The van der Waals surface area contributed by atoms with Gasteiger partial charge in [0, 0.05) is 29.0 Å². The van der Waals surface area contributed by atoms with Crippen LogP contribution >= 0.6 is 0 Å². The molecule has 0 amide bonds. The molecule has 0 saturated heterocycles. The van der Waals surface area contributed by atoms with Crippen LogP contribution in [0.25, 0.3) is 5.53 Å². The fourth-order valence-corrected chi connectivity index (χ4v) is 3.50. The first-order valence-corrected chi connectivity index (χ1v) is 9.87. The molecule has 1 aromatic heterocycles. The van der Waals surface area contributed by atoms with Crippen molar-refractivity contribution in [1.82, 2.24) is 15.5 Å². The minimum absolute atomic E-state index is 0.312. The van der Waals surface area contributed by atoms with E-state index < -0.39 is 63.8 Å². The van der Waals surface area contributed by atoms with Gasteiger partial charge in [0.25, 0.3) is 5.92 Å². The third kappa shape index (κ3) is 4.39. The number of aromatic nitrogens is 1. The van der Waals surface area contributed by atoms with Gasteiger partial charge in [0.15, 0.2) is 5.60 Å². The van der Waals surface area contributed by atoms with Crippen LogP contribution in [0, 0.1) is 17.5 Å². The Bertz CT molecular complexity index is 1240. The van der Waals surface area contributed by atoms with Crippen molar-refractivity contribution in [2.45, 2.75) is 17.4 Å². The monoisotopic (exact) mass is 498 g/mol. The van der Waals surface area contributed by atoms with Crippen LogP contribution in [0.3, 0.4) is 0 Å². The van der Waals surface area contributed by atoms with Gasteiger partial charge >= 0.3 is 5.92 Å². The molecule has 2 heterocycles. The van der Waals surface area contributed by atoms with E-state index in [2.05, 4.69) is 21.2 Å². The Balaban J connectivity index is 1.74. The zero-order valence-electron chi connectivity index (χ0n) is 17.4. The molecule has 1 unspecified atom stereocenters. The SMILES string of the molecule is OC(CN1C=N[N-]N1)(c1ccc(F)cc1F)C(F)(F)c1ccc(C(F)(F)c2ccc(F)cc2)cn1. The summed E-state index contributed by atoms with van der Waals surface area (Å²) in [5, 5.41) is 15.3. The molecule has 6 nitrogen and oxygen atoms in total. The maximum absolute atomic E-state index is 15.7. The van der Waals surface area contributed by atoms with Gasteiger partial charge in [-0.05, 0) is 48.5 Å². The number of nitrogens with zero attached hydrogens (tertiary/aromatic N) is 4.